The molecule has 3 amide bonds. The number of carbonyl (C=O) groups is 2. The van der Waals surface area contributed by atoms with Gasteiger partial charge in [-0.25, -0.2) is 4.79 Å². The SMILES string of the molecule is C[C@@H]1N=C(c2ccccc2Cl)c2c(ccc(NC(=O)NC(CO)(CO)CO)c2Br)N(C)C1=O. The molecule has 0 aromatic heterocycles. The van der Waals surface area contributed by atoms with Crippen LogP contribution in [0.2, 0.25) is 5.02 Å². The van der Waals surface area contributed by atoms with Crippen molar-refractivity contribution in [1.82, 2.24) is 5.32 Å². The van der Waals surface area contributed by atoms with Gasteiger partial charge in [-0.05, 0) is 41.1 Å². The first-order valence-corrected chi connectivity index (χ1v) is 11.2. The van der Waals surface area contributed by atoms with Gasteiger partial charge >= 0.3 is 6.03 Å². The van der Waals surface area contributed by atoms with Crippen LogP contribution in [0.3, 0.4) is 0 Å². The molecule has 5 N–H and O–H groups in total. The van der Waals surface area contributed by atoms with Crippen molar-refractivity contribution in [3.05, 3.63) is 57.0 Å². The minimum Gasteiger partial charge on any atom is -0.394 e. The van der Waals surface area contributed by atoms with E-state index in [1.165, 1.54) is 4.90 Å². The summed E-state index contributed by atoms with van der Waals surface area (Å²) in [5.41, 5.74) is 0.970. The number of benzodiazepines with no additional fused rings is 1. The number of aliphatic imine (C=N–C) groups is 1. The second-order valence-electron chi connectivity index (χ2n) is 7.69. The Bertz CT molecular complexity index is 1100. The number of amides is 3. The topological polar surface area (TPSA) is 134 Å². The van der Waals surface area contributed by atoms with Gasteiger partial charge in [0, 0.05) is 23.2 Å². The van der Waals surface area contributed by atoms with Crippen molar-refractivity contribution in [2.24, 2.45) is 4.99 Å². The van der Waals surface area contributed by atoms with E-state index in [9.17, 15) is 24.9 Å². The monoisotopic (exact) mass is 538 g/mol. The number of anilines is 2. The Morgan fingerprint density at radius 2 is 1.82 bits per heavy atom. The van der Waals surface area contributed by atoms with Gasteiger partial charge in [0.15, 0.2) is 0 Å². The zero-order valence-electron chi connectivity index (χ0n) is 18.0. The zero-order chi connectivity index (χ0) is 24.3. The molecule has 0 bridgehead atoms. The fraction of sp³-hybridized carbons (Fsp3) is 0.318. The van der Waals surface area contributed by atoms with Gasteiger partial charge in [-0.1, -0.05) is 29.8 Å². The number of aliphatic hydroxyl groups is 3. The van der Waals surface area contributed by atoms with Gasteiger partial charge in [-0.15, -0.1) is 0 Å². The molecule has 2 aromatic rings. The predicted octanol–water partition coefficient (Wildman–Crippen LogP) is 2.14. The maximum atomic E-state index is 12.8. The van der Waals surface area contributed by atoms with E-state index in [0.717, 1.165) is 0 Å². The Kier molecular flexibility index (Phi) is 7.76. The summed E-state index contributed by atoms with van der Waals surface area (Å²) >= 11 is 9.99. The van der Waals surface area contributed by atoms with Crippen LogP contribution in [-0.2, 0) is 4.79 Å². The molecule has 0 spiro atoms. The summed E-state index contributed by atoms with van der Waals surface area (Å²) in [6.45, 7) is -0.285. The molecule has 1 heterocycles. The van der Waals surface area contributed by atoms with Crippen molar-refractivity contribution in [1.29, 1.82) is 0 Å². The van der Waals surface area contributed by atoms with Crippen LogP contribution in [-0.4, -0.2) is 71.4 Å². The second kappa shape index (κ2) is 10.2. The second-order valence-corrected chi connectivity index (χ2v) is 8.89. The van der Waals surface area contributed by atoms with Gasteiger partial charge in [-0.3, -0.25) is 9.79 Å². The number of carbonyl (C=O) groups excluding carboxylic acids is 2. The maximum absolute atomic E-state index is 12.8. The summed E-state index contributed by atoms with van der Waals surface area (Å²) < 4.78 is 0.449. The lowest BCUT2D eigenvalue weighted by Crippen LogP contribution is -2.58. The van der Waals surface area contributed by atoms with Crippen LogP contribution >= 0.6 is 27.5 Å². The Hall–Kier alpha value is -2.50. The number of nitrogens with zero attached hydrogens (tertiary/aromatic N) is 2. The Labute approximate surface area is 204 Å². The molecule has 0 saturated heterocycles. The molecule has 0 fully saturated rings. The van der Waals surface area contributed by atoms with Crippen LogP contribution in [0.5, 0.6) is 0 Å². The van der Waals surface area contributed by atoms with E-state index in [1.807, 2.05) is 6.07 Å². The van der Waals surface area contributed by atoms with Gasteiger partial charge in [0.2, 0.25) is 0 Å². The predicted molar refractivity (Wildman–Crippen MR) is 130 cm³/mol. The highest BCUT2D eigenvalue weighted by molar-refractivity contribution is 9.10. The third kappa shape index (κ3) is 4.90. The molecule has 0 radical (unpaired) electrons. The van der Waals surface area contributed by atoms with Crippen LogP contribution in [0.1, 0.15) is 18.1 Å². The number of hydrogen-bond acceptors (Lipinski definition) is 6. The molecule has 0 unspecified atom stereocenters. The first kappa shape index (κ1) is 25.1. The minimum absolute atomic E-state index is 0.206. The van der Waals surface area contributed by atoms with E-state index in [4.69, 9.17) is 11.6 Å². The molecule has 0 saturated carbocycles. The number of fused-ring (bicyclic) bond motifs is 1. The standard InChI is InChI=1S/C22H24BrClN4O5/c1-12-20(32)28(2)16-8-7-15(26-21(33)27-22(9-29,10-30)11-31)18(23)17(16)19(25-12)13-5-3-4-6-14(13)24/h3-8,12,29-31H,9-11H2,1-2H3,(H2,26,27,33)/t12-/m0/s1. The first-order chi connectivity index (χ1) is 15.7. The average Bonchev–Trinajstić information content (AvgIpc) is 2.90. The van der Waals surface area contributed by atoms with Crippen molar-refractivity contribution in [3.8, 4) is 0 Å². The van der Waals surface area contributed by atoms with Crippen LogP contribution in [0, 0.1) is 0 Å². The smallest absolute Gasteiger partial charge is 0.319 e. The summed E-state index contributed by atoms with van der Waals surface area (Å²) in [7, 11) is 1.65. The normalized spacial score (nSPS) is 16.1. The number of halogens is 2. The van der Waals surface area contributed by atoms with E-state index in [1.54, 1.807) is 44.3 Å². The first-order valence-electron chi connectivity index (χ1n) is 10.0. The lowest BCUT2D eigenvalue weighted by atomic mass is 9.99. The minimum atomic E-state index is -1.59. The van der Waals surface area contributed by atoms with Crippen molar-refractivity contribution in [2.45, 2.75) is 18.5 Å². The summed E-state index contributed by atoms with van der Waals surface area (Å²) in [6.07, 6.45) is 0. The molecule has 11 heteroatoms. The number of hydrogen-bond donors (Lipinski definition) is 5. The molecule has 2 aromatic carbocycles. The van der Waals surface area contributed by atoms with Crippen LogP contribution in [0.15, 0.2) is 45.9 Å². The average molecular weight is 540 g/mol. The molecule has 1 aliphatic heterocycles. The molecular weight excluding hydrogens is 516 g/mol. The number of aliphatic hydroxyl groups excluding tert-OH is 3. The Balaban J connectivity index is 2.10. The van der Waals surface area contributed by atoms with Crippen molar-refractivity contribution < 1.29 is 24.9 Å². The number of rotatable bonds is 6. The van der Waals surface area contributed by atoms with Crippen molar-refractivity contribution in [3.63, 3.8) is 0 Å². The van der Waals surface area contributed by atoms with Crippen LogP contribution in [0.4, 0.5) is 16.2 Å². The van der Waals surface area contributed by atoms with E-state index >= 15 is 0 Å². The molecule has 1 atom stereocenters. The van der Waals surface area contributed by atoms with Gasteiger partial charge in [0.05, 0.1) is 41.4 Å². The number of benzene rings is 2. The summed E-state index contributed by atoms with van der Waals surface area (Å²) in [5, 5.41) is 33.9. The third-order valence-corrected chi connectivity index (χ3v) is 6.55. The highest BCUT2D eigenvalue weighted by Crippen LogP contribution is 2.39. The zero-order valence-corrected chi connectivity index (χ0v) is 20.3. The van der Waals surface area contributed by atoms with Gasteiger partial charge < -0.3 is 30.9 Å². The fourth-order valence-electron chi connectivity index (χ4n) is 3.40. The molecular formula is C22H24BrClN4O5. The van der Waals surface area contributed by atoms with Gasteiger partial charge in [-0.2, -0.15) is 0 Å². The molecule has 9 nitrogen and oxygen atoms in total. The summed E-state index contributed by atoms with van der Waals surface area (Å²) in [5.74, 6) is -0.206. The van der Waals surface area contributed by atoms with Crippen LogP contribution < -0.4 is 15.5 Å². The van der Waals surface area contributed by atoms with Gasteiger partial charge in [0.25, 0.3) is 5.91 Å². The molecule has 176 valence electrons. The van der Waals surface area contributed by atoms with Crippen molar-refractivity contribution in [2.75, 3.05) is 37.1 Å². The molecule has 33 heavy (non-hydrogen) atoms. The third-order valence-electron chi connectivity index (χ3n) is 5.39. The molecule has 1 aliphatic rings. The number of urea groups is 1. The molecule has 0 aliphatic carbocycles. The van der Waals surface area contributed by atoms with E-state index in [-0.39, 0.29) is 5.91 Å². The number of likely N-dealkylation sites (N-methyl/N-ethyl adjacent to an activating group) is 1. The highest BCUT2D eigenvalue weighted by Gasteiger charge is 2.32. The molecule has 3 rings (SSSR count). The van der Waals surface area contributed by atoms with Crippen LogP contribution in [0.25, 0.3) is 0 Å². The van der Waals surface area contributed by atoms with E-state index < -0.39 is 37.4 Å². The fourth-order valence-corrected chi connectivity index (χ4v) is 4.25. The number of nitrogens with one attached hydrogen (secondary N) is 2. The Morgan fingerprint density at radius 3 is 2.42 bits per heavy atom. The van der Waals surface area contributed by atoms with E-state index in [0.29, 0.717) is 37.7 Å². The van der Waals surface area contributed by atoms with Gasteiger partial charge in [0.1, 0.15) is 11.6 Å². The highest BCUT2D eigenvalue weighted by atomic mass is 79.9. The summed E-state index contributed by atoms with van der Waals surface area (Å²) in [6, 6.07) is 8.98. The lowest BCUT2D eigenvalue weighted by Gasteiger charge is -2.29. The summed E-state index contributed by atoms with van der Waals surface area (Å²) in [4.78, 5) is 31.5. The quantitative estimate of drug-likeness (QED) is 0.383. The lowest BCUT2D eigenvalue weighted by molar-refractivity contribution is -0.119. The maximum Gasteiger partial charge on any atom is 0.319 e. The largest absolute Gasteiger partial charge is 0.394 e. The van der Waals surface area contributed by atoms with E-state index in [2.05, 4.69) is 31.6 Å². The van der Waals surface area contributed by atoms with Crippen molar-refractivity contribution >= 4 is 56.6 Å². The Morgan fingerprint density at radius 1 is 1.18 bits per heavy atom.